The number of rotatable bonds is 8. The van der Waals surface area contributed by atoms with Gasteiger partial charge in [-0.05, 0) is 23.3 Å². The van der Waals surface area contributed by atoms with Crippen molar-refractivity contribution in [3.05, 3.63) is 0 Å². The van der Waals surface area contributed by atoms with Crippen LogP contribution in [0.2, 0.25) is 0 Å². The van der Waals surface area contributed by atoms with Crippen molar-refractivity contribution in [2.24, 2.45) is 11.8 Å². The van der Waals surface area contributed by atoms with Crippen molar-refractivity contribution in [3.63, 3.8) is 0 Å². The number of hydrogen-bond acceptors (Lipinski definition) is 3. The number of aliphatic hydroxyl groups excluding tert-OH is 1. The molecule has 0 spiro atoms. The summed E-state index contributed by atoms with van der Waals surface area (Å²) in [6.45, 7) is 9.25. The van der Waals surface area contributed by atoms with Crippen molar-refractivity contribution in [1.82, 2.24) is 0 Å². The van der Waals surface area contributed by atoms with Gasteiger partial charge in [0.2, 0.25) is 0 Å². The Hall–Kier alpha value is 0.660. The van der Waals surface area contributed by atoms with E-state index in [9.17, 15) is 0 Å². The summed E-state index contributed by atoms with van der Waals surface area (Å²) in [7, 11) is 0. The van der Waals surface area contributed by atoms with E-state index in [2.05, 4.69) is 27.7 Å². The molecular weight excluding hydrogens is 212 g/mol. The molecule has 14 heavy (non-hydrogen) atoms. The minimum Gasteiger partial charge on any atom is -0.395 e. The van der Waals surface area contributed by atoms with Crippen molar-refractivity contribution < 1.29 is 5.11 Å². The fourth-order valence-corrected chi connectivity index (χ4v) is 3.33. The molecule has 1 unspecified atom stereocenters. The van der Waals surface area contributed by atoms with E-state index in [1.165, 1.54) is 5.75 Å². The maximum atomic E-state index is 9.17. The average molecular weight is 236 g/mol. The Morgan fingerprint density at radius 1 is 0.929 bits per heavy atom. The molecule has 3 heteroatoms. The predicted molar refractivity (Wildman–Crippen MR) is 70.3 cm³/mol. The highest BCUT2D eigenvalue weighted by Crippen LogP contribution is 2.20. The first-order valence-electron chi connectivity index (χ1n) is 5.36. The van der Waals surface area contributed by atoms with E-state index in [0.717, 1.165) is 23.3 Å². The summed E-state index contributed by atoms with van der Waals surface area (Å²) in [6.07, 6.45) is 0. The van der Waals surface area contributed by atoms with E-state index >= 15 is 0 Å². The lowest BCUT2D eigenvalue weighted by atomic mass is 10.3. The fraction of sp³-hybridized carbons (Fsp3) is 1.00. The monoisotopic (exact) mass is 236 g/mol. The van der Waals surface area contributed by atoms with Crippen LogP contribution in [0.3, 0.4) is 0 Å². The van der Waals surface area contributed by atoms with Gasteiger partial charge < -0.3 is 5.11 Å². The molecule has 0 saturated carbocycles. The lowest BCUT2D eigenvalue weighted by molar-refractivity contribution is 0.301. The van der Waals surface area contributed by atoms with Crippen LogP contribution in [0.1, 0.15) is 27.7 Å². The molecule has 0 radical (unpaired) electrons. The Kier molecular flexibility index (Phi) is 9.35. The summed E-state index contributed by atoms with van der Waals surface area (Å²) >= 11 is 3.88. The molecule has 1 atom stereocenters. The minimum absolute atomic E-state index is 0.322. The Morgan fingerprint density at radius 2 is 1.50 bits per heavy atom. The molecule has 0 aliphatic carbocycles. The van der Waals surface area contributed by atoms with Crippen molar-refractivity contribution in [2.45, 2.75) is 32.9 Å². The molecule has 0 aromatic heterocycles. The van der Waals surface area contributed by atoms with Crippen LogP contribution in [0.4, 0.5) is 0 Å². The van der Waals surface area contributed by atoms with E-state index in [1.807, 2.05) is 23.5 Å². The van der Waals surface area contributed by atoms with Gasteiger partial charge in [0.15, 0.2) is 0 Å². The summed E-state index contributed by atoms with van der Waals surface area (Å²) in [4.78, 5) is 0. The quantitative estimate of drug-likeness (QED) is 0.699. The number of thioether (sulfide) groups is 2. The van der Waals surface area contributed by atoms with Crippen molar-refractivity contribution in [3.8, 4) is 0 Å². The Balaban J connectivity index is 3.48. The van der Waals surface area contributed by atoms with Crippen LogP contribution < -0.4 is 0 Å². The summed E-state index contributed by atoms with van der Waals surface area (Å²) in [5.41, 5.74) is 0. The third-order valence-corrected chi connectivity index (χ3v) is 5.02. The molecule has 0 amide bonds. The predicted octanol–water partition coefficient (Wildman–Crippen LogP) is 3.13. The molecule has 0 saturated heterocycles. The fourth-order valence-electron chi connectivity index (χ4n) is 0.917. The first-order chi connectivity index (χ1) is 6.56. The van der Waals surface area contributed by atoms with E-state index < -0.39 is 0 Å². The zero-order valence-corrected chi connectivity index (χ0v) is 11.5. The van der Waals surface area contributed by atoms with Crippen LogP contribution in [-0.4, -0.2) is 34.2 Å². The van der Waals surface area contributed by atoms with Crippen LogP contribution in [-0.2, 0) is 0 Å². The van der Waals surface area contributed by atoms with Crippen molar-refractivity contribution in [1.29, 1.82) is 0 Å². The van der Waals surface area contributed by atoms with Gasteiger partial charge in [0.05, 0.1) is 6.61 Å². The highest BCUT2D eigenvalue weighted by Gasteiger charge is 2.09. The molecular formula is C11H24OS2. The van der Waals surface area contributed by atoms with E-state index in [4.69, 9.17) is 5.11 Å². The minimum atomic E-state index is 0.322. The smallest absolute Gasteiger partial charge is 0.0558 e. The van der Waals surface area contributed by atoms with Gasteiger partial charge in [0, 0.05) is 11.0 Å². The largest absolute Gasteiger partial charge is 0.395 e. The highest BCUT2D eigenvalue weighted by molar-refractivity contribution is 8.03. The molecule has 1 nitrogen and oxygen atoms in total. The van der Waals surface area contributed by atoms with Gasteiger partial charge in [-0.3, -0.25) is 0 Å². The van der Waals surface area contributed by atoms with Crippen LogP contribution in [0.15, 0.2) is 0 Å². The van der Waals surface area contributed by atoms with Gasteiger partial charge in [0.1, 0.15) is 0 Å². The molecule has 1 N–H and O–H groups in total. The van der Waals surface area contributed by atoms with Gasteiger partial charge >= 0.3 is 0 Å². The zero-order valence-electron chi connectivity index (χ0n) is 9.82. The molecule has 0 bridgehead atoms. The third kappa shape index (κ3) is 9.22. The summed E-state index contributed by atoms with van der Waals surface area (Å²) in [6, 6.07) is 0. The first kappa shape index (κ1) is 14.7. The van der Waals surface area contributed by atoms with Crippen LogP contribution >= 0.6 is 23.5 Å². The molecule has 0 aromatic rings. The van der Waals surface area contributed by atoms with Crippen LogP contribution in [0.25, 0.3) is 0 Å². The topological polar surface area (TPSA) is 20.2 Å². The Morgan fingerprint density at radius 3 is 1.93 bits per heavy atom. The van der Waals surface area contributed by atoms with E-state index in [0.29, 0.717) is 11.9 Å². The summed E-state index contributed by atoms with van der Waals surface area (Å²) < 4.78 is 0. The molecule has 0 heterocycles. The zero-order chi connectivity index (χ0) is 11.0. The lowest BCUT2D eigenvalue weighted by Crippen LogP contribution is -2.14. The summed E-state index contributed by atoms with van der Waals surface area (Å²) in [5.74, 6) is 4.94. The average Bonchev–Trinajstić information content (AvgIpc) is 2.10. The van der Waals surface area contributed by atoms with Crippen LogP contribution in [0.5, 0.6) is 0 Å². The molecule has 0 rings (SSSR count). The molecule has 0 aromatic carbocycles. The maximum Gasteiger partial charge on any atom is 0.0558 e. The molecule has 86 valence electrons. The molecule has 0 fully saturated rings. The maximum absolute atomic E-state index is 9.17. The normalized spacial score (nSPS) is 13.9. The van der Waals surface area contributed by atoms with Crippen molar-refractivity contribution in [2.75, 3.05) is 23.9 Å². The lowest BCUT2D eigenvalue weighted by Gasteiger charge is -2.15. The van der Waals surface area contributed by atoms with Gasteiger partial charge in [-0.15, -0.1) is 0 Å². The highest BCUT2D eigenvalue weighted by atomic mass is 32.2. The number of aliphatic hydroxyl groups is 1. The Bertz CT molecular complexity index is 126. The van der Waals surface area contributed by atoms with E-state index in [1.54, 1.807) is 0 Å². The summed E-state index contributed by atoms with van der Waals surface area (Å²) in [5, 5.41) is 9.60. The first-order valence-corrected chi connectivity index (χ1v) is 7.56. The van der Waals surface area contributed by atoms with Crippen molar-refractivity contribution >= 4 is 23.5 Å². The SMILES string of the molecule is CC(C)CSCC(CO)SCC(C)C. The third-order valence-electron chi connectivity index (χ3n) is 1.62. The Labute approximate surface area is 97.4 Å². The van der Waals surface area contributed by atoms with Gasteiger partial charge in [-0.2, -0.15) is 23.5 Å². The van der Waals surface area contributed by atoms with Gasteiger partial charge in [-0.25, -0.2) is 0 Å². The second-order valence-corrected chi connectivity index (χ2v) is 6.87. The van der Waals surface area contributed by atoms with E-state index in [-0.39, 0.29) is 0 Å². The standard InChI is InChI=1S/C11H24OS2/c1-9(2)6-13-8-11(5-12)14-7-10(3)4/h9-12H,5-8H2,1-4H3. The second-order valence-electron chi connectivity index (χ2n) is 4.46. The number of hydrogen-bond donors (Lipinski definition) is 1. The van der Waals surface area contributed by atoms with Gasteiger partial charge in [-0.1, -0.05) is 27.7 Å². The van der Waals surface area contributed by atoms with Crippen LogP contribution in [0, 0.1) is 11.8 Å². The second kappa shape index (κ2) is 8.93. The molecule has 0 aliphatic rings. The van der Waals surface area contributed by atoms with Gasteiger partial charge in [0.25, 0.3) is 0 Å². The molecule has 0 aliphatic heterocycles.